The van der Waals surface area contributed by atoms with Gasteiger partial charge >= 0.3 is 0 Å². The molecule has 6 nitrogen and oxygen atoms in total. The number of hydrogen-bond acceptors (Lipinski definition) is 4. The van der Waals surface area contributed by atoms with E-state index in [9.17, 15) is 9.59 Å². The predicted octanol–water partition coefficient (Wildman–Crippen LogP) is 1.62. The van der Waals surface area contributed by atoms with Crippen LogP contribution in [0.3, 0.4) is 0 Å². The van der Waals surface area contributed by atoms with Crippen molar-refractivity contribution in [3.05, 3.63) is 30.3 Å². The van der Waals surface area contributed by atoms with Crippen LogP contribution in [0.2, 0.25) is 0 Å². The molecule has 2 N–H and O–H groups in total. The smallest absolute Gasteiger partial charge is 0.173 e. The normalized spacial score (nSPS) is 21.0. The number of Topliss-reactive ketones (excluding diaryl/α,β-unsaturated/α-hetero) is 2. The van der Waals surface area contributed by atoms with Crippen molar-refractivity contribution in [3.63, 3.8) is 0 Å². The molecule has 0 bridgehead atoms. The highest BCUT2D eigenvalue weighted by molar-refractivity contribution is 7.80. The molecule has 1 aliphatic heterocycles. The molecule has 0 radical (unpaired) electrons. The fourth-order valence-corrected chi connectivity index (χ4v) is 4.64. The van der Waals surface area contributed by atoms with E-state index < -0.39 is 5.92 Å². The molecule has 0 aromatic heterocycles. The third-order valence-corrected chi connectivity index (χ3v) is 6.34. The number of ketones is 2. The zero-order valence-corrected chi connectivity index (χ0v) is 19.1. The van der Waals surface area contributed by atoms with E-state index in [2.05, 4.69) is 15.2 Å². The van der Waals surface area contributed by atoms with Crippen LogP contribution in [-0.2, 0) is 9.59 Å². The van der Waals surface area contributed by atoms with E-state index in [1.165, 1.54) is 4.90 Å². The first-order chi connectivity index (χ1) is 14.2. The maximum absolute atomic E-state index is 12.4. The number of hydrogen-bond donors (Lipinski definition) is 2. The molecule has 0 amide bonds. The first kappa shape index (κ1) is 22.6. The lowest BCUT2D eigenvalue weighted by Gasteiger charge is -2.34. The summed E-state index contributed by atoms with van der Waals surface area (Å²) in [5.41, 5.74) is 1.48. The molecule has 30 heavy (non-hydrogen) atoms. The van der Waals surface area contributed by atoms with Gasteiger partial charge in [-0.25, -0.2) is 0 Å². The van der Waals surface area contributed by atoms with Gasteiger partial charge in [0.05, 0.1) is 39.3 Å². The zero-order chi connectivity index (χ0) is 21.7. The minimum absolute atomic E-state index is 0.0258. The highest BCUT2D eigenvalue weighted by Crippen LogP contribution is 2.34. The Morgan fingerprint density at radius 3 is 2.37 bits per heavy atom. The molecular formula is C23H33N4O2S+. The van der Waals surface area contributed by atoms with Crippen LogP contribution in [0.1, 0.15) is 33.6 Å². The lowest BCUT2D eigenvalue weighted by atomic mass is 9.70. The van der Waals surface area contributed by atoms with Crippen molar-refractivity contribution in [1.82, 2.24) is 4.90 Å². The van der Waals surface area contributed by atoms with E-state index in [0.29, 0.717) is 25.1 Å². The van der Waals surface area contributed by atoms with Crippen LogP contribution in [0, 0.1) is 11.3 Å². The van der Waals surface area contributed by atoms with Crippen LogP contribution in [0.25, 0.3) is 0 Å². The SMILES string of the molecule is CC(=NCC[NH+]1CCN(C(=S)Nc2ccccc2)CC1)C1C(=O)CC(C)(C)CC1=O. The summed E-state index contributed by atoms with van der Waals surface area (Å²) < 4.78 is 0. The van der Waals surface area contributed by atoms with Gasteiger partial charge in [0.2, 0.25) is 0 Å². The summed E-state index contributed by atoms with van der Waals surface area (Å²) in [6.07, 6.45) is 0.917. The van der Waals surface area contributed by atoms with E-state index in [4.69, 9.17) is 12.2 Å². The number of para-hydroxylation sites is 1. The van der Waals surface area contributed by atoms with Crippen LogP contribution in [-0.4, -0.2) is 66.6 Å². The van der Waals surface area contributed by atoms with Crippen molar-refractivity contribution >= 4 is 40.3 Å². The first-order valence-corrected chi connectivity index (χ1v) is 11.2. The Morgan fingerprint density at radius 2 is 1.77 bits per heavy atom. The molecule has 1 saturated heterocycles. The molecule has 2 fully saturated rings. The fourth-order valence-electron chi connectivity index (χ4n) is 4.34. The summed E-state index contributed by atoms with van der Waals surface area (Å²) >= 11 is 5.55. The number of thiocarbonyl (C=S) groups is 1. The molecule has 0 spiro atoms. The van der Waals surface area contributed by atoms with Gasteiger partial charge in [0.1, 0.15) is 17.5 Å². The quantitative estimate of drug-likeness (QED) is 0.423. The van der Waals surface area contributed by atoms with Gasteiger partial charge < -0.3 is 15.1 Å². The Labute approximate surface area is 184 Å². The summed E-state index contributed by atoms with van der Waals surface area (Å²) in [4.78, 5) is 33.1. The van der Waals surface area contributed by atoms with Crippen molar-refractivity contribution < 1.29 is 14.5 Å². The van der Waals surface area contributed by atoms with Crippen LogP contribution in [0.5, 0.6) is 0 Å². The molecular weight excluding hydrogens is 396 g/mol. The number of benzene rings is 1. The highest BCUT2D eigenvalue weighted by Gasteiger charge is 2.40. The van der Waals surface area contributed by atoms with Gasteiger partial charge in [-0.3, -0.25) is 14.6 Å². The Bertz CT molecular complexity index is 794. The number of rotatable bonds is 5. The van der Waals surface area contributed by atoms with E-state index in [1.54, 1.807) is 0 Å². The topological polar surface area (TPSA) is 66.2 Å². The highest BCUT2D eigenvalue weighted by atomic mass is 32.1. The molecule has 1 aliphatic carbocycles. The van der Waals surface area contributed by atoms with E-state index in [0.717, 1.165) is 43.5 Å². The minimum atomic E-state index is -0.619. The van der Waals surface area contributed by atoms with Crippen molar-refractivity contribution in [2.75, 3.05) is 44.6 Å². The first-order valence-electron chi connectivity index (χ1n) is 10.8. The summed E-state index contributed by atoms with van der Waals surface area (Å²) in [6.45, 7) is 11.2. The Hall–Kier alpha value is -2.12. The second kappa shape index (κ2) is 9.79. The van der Waals surface area contributed by atoms with Crippen molar-refractivity contribution in [2.24, 2.45) is 16.3 Å². The summed E-state index contributed by atoms with van der Waals surface area (Å²) in [7, 11) is 0. The number of quaternary nitrogens is 1. The lowest BCUT2D eigenvalue weighted by molar-refractivity contribution is -0.902. The van der Waals surface area contributed by atoms with Crippen LogP contribution >= 0.6 is 12.2 Å². The van der Waals surface area contributed by atoms with E-state index >= 15 is 0 Å². The Morgan fingerprint density at radius 1 is 1.17 bits per heavy atom. The molecule has 3 rings (SSSR count). The lowest BCUT2D eigenvalue weighted by Crippen LogP contribution is -3.15. The average molecular weight is 430 g/mol. The van der Waals surface area contributed by atoms with Crippen LogP contribution in [0.15, 0.2) is 35.3 Å². The predicted molar refractivity (Wildman–Crippen MR) is 124 cm³/mol. The number of nitrogens with zero attached hydrogens (tertiary/aromatic N) is 2. The fraction of sp³-hybridized carbons (Fsp3) is 0.565. The molecule has 0 atom stereocenters. The standard InChI is InChI=1S/C23H32N4O2S/c1-17(21-19(28)15-23(2,3)16-20(21)29)24-9-10-26-11-13-27(14-12-26)22(30)25-18-7-5-4-6-8-18/h4-8,21H,9-16H2,1-3H3,(H,25,30)/p+1. The van der Waals surface area contributed by atoms with Gasteiger partial charge in [-0.15, -0.1) is 0 Å². The molecule has 1 saturated carbocycles. The van der Waals surface area contributed by atoms with Crippen LogP contribution in [0.4, 0.5) is 5.69 Å². The second-order valence-electron chi connectivity index (χ2n) is 9.19. The average Bonchev–Trinajstić information content (AvgIpc) is 2.67. The van der Waals surface area contributed by atoms with Gasteiger partial charge in [-0.1, -0.05) is 32.0 Å². The number of carbonyl (C=O) groups excluding carboxylic acids is 2. The number of piperazine rings is 1. The maximum atomic E-state index is 12.4. The van der Waals surface area contributed by atoms with Crippen molar-refractivity contribution in [2.45, 2.75) is 33.6 Å². The molecule has 2 aliphatic rings. The number of aliphatic imine (C=N–C) groups is 1. The van der Waals surface area contributed by atoms with Gasteiger partial charge in [-0.05, 0) is 36.7 Å². The Kier molecular flexibility index (Phi) is 7.36. The summed E-state index contributed by atoms with van der Waals surface area (Å²) in [5.74, 6) is -0.568. The van der Waals surface area contributed by atoms with Gasteiger partial charge in [0.15, 0.2) is 5.11 Å². The van der Waals surface area contributed by atoms with Crippen molar-refractivity contribution in [1.29, 1.82) is 0 Å². The van der Waals surface area contributed by atoms with Crippen molar-refractivity contribution in [3.8, 4) is 0 Å². The van der Waals surface area contributed by atoms with Gasteiger partial charge in [0.25, 0.3) is 0 Å². The number of nitrogens with one attached hydrogen (secondary N) is 2. The minimum Gasteiger partial charge on any atom is -0.338 e. The van der Waals surface area contributed by atoms with E-state index in [-0.39, 0.29) is 17.0 Å². The summed E-state index contributed by atoms with van der Waals surface area (Å²) in [6, 6.07) is 9.99. The molecule has 162 valence electrons. The largest absolute Gasteiger partial charge is 0.338 e. The second-order valence-corrected chi connectivity index (χ2v) is 9.58. The van der Waals surface area contributed by atoms with Gasteiger partial charge in [-0.2, -0.15) is 0 Å². The van der Waals surface area contributed by atoms with Crippen LogP contribution < -0.4 is 10.2 Å². The third-order valence-electron chi connectivity index (χ3n) is 5.98. The molecule has 7 heteroatoms. The van der Waals surface area contributed by atoms with E-state index in [1.807, 2.05) is 51.1 Å². The third kappa shape index (κ3) is 5.95. The number of anilines is 1. The maximum Gasteiger partial charge on any atom is 0.173 e. The molecule has 1 heterocycles. The zero-order valence-electron chi connectivity index (χ0n) is 18.2. The molecule has 0 unspecified atom stereocenters. The monoisotopic (exact) mass is 429 g/mol. The van der Waals surface area contributed by atoms with Gasteiger partial charge in [0, 0.05) is 24.2 Å². The number of carbonyl (C=O) groups is 2. The molecule has 1 aromatic rings. The summed E-state index contributed by atoms with van der Waals surface area (Å²) in [5, 5.41) is 4.07. The Balaban J connectivity index is 1.43. The molecule has 1 aromatic carbocycles.